The second-order valence-corrected chi connectivity index (χ2v) is 12.6. The Morgan fingerprint density at radius 1 is 0.822 bits per heavy atom. The van der Waals surface area contributed by atoms with Crippen molar-refractivity contribution in [3.05, 3.63) is 148 Å². The number of carbonyl (C=O) groups is 2. The molecule has 0 heterocycles. The summed E-state index contributed by atoms with van der Waals surface area (Å²) in [4.78, 5) is 45.4. The second kappa shape index (κ2) is 13.8. The first-order chi connectivity index (χ1) is 21.2. The first kappa shape index (κ1) is 33.6. The van der Waals surface area contributed by atoms with E-state index >= 15 is 0 Å². The highest BCUT2D eigenvalue weighted by atomic mass is 31.2. The minimum absolute atomic E-state index is 0.0279. The minimum atomic E-state index is -5.79. The molecule has 6 nitrogen and oxygen atoms in total. The number of hydrogen-bond donors (Lipinski definition) is 2. The molecule has 4 aromatic carbocycles. The van der Waals surface area contributed by atoms with Gasteiger partial charge in [0.05, 0.1) is 17.1 Å². The van der Waals surface area contributed by atoms with Crippen LogP contribution in [-0.4, -0.2) is 27.6 Å². The summed E-state index contributed by atoms with van der Waals surface area (Å²) < 4.78 is 59.4. The zero-order valence-electron chi connectivity index (χ0n) is 24.6. The van der Waals surface area contributed by atoms with E-state index in [0.717, 1.165) is 17.7 Å². The summed E-state index contributed by atoms with van der Waals surface area (Å²) >= 11 is 0. The summed E-state index contributed by atoms with van der Waals surface area (Å²) in [6.45, 7) is 3.44. The van der Waals surface area contributed by atoms with Crippen LogP contribution in [0.15, 0.2) is 109 Å². The summed E-state index contributed by atoms with van der Waals surface area (Å²) in [7, 11) is -5.79. The Hall–Kier alpha value is -4.30. The van der Waals surface area contributed by atoms with E-state index in [4.69, 9.17) is 4.74 Å². The molecule has 4 rings (SSSR count). The molecule has 0 saturated carbocycles. The van der Waals surface area contributed by atoms with Gasteiger partial charge in [0, 0.05) is 11.1 Å². The first-order valence-electron chi connectivity index (χ1n) is 14.1. The molecule has 1 atom stereocenters. The van der Waals surface area contributed by atoms with Gasteiger partial charge in [-0.05, 0) is 79.8 Å². The van der Waals surface area contributed by atoms with Crippen molar-refractivity contribution in [2.75, 3.05) is 0 Å². The predicted octanol–water partition coefficient (Wildman–Crippen LogP) is 8.08. The molecule has 45 heavy (non-hydrogen) atoms. The zero-order valence-corrected chi connectivity index (χ0v) is 25.5. The summed E-state index contributed by atoms with van der Waals surface area (Å²) in [6.07, 6.45) is 3.40. The van der Waals surface area contributed by atoms with Gasteiger partial charge in [-0.15, -0.1) is 0 Å². The fourth-order valence-electron chi connectivity index (χ4n) is 4.98. The minimum Gasteiger partial charge on any atom is -0.459 e. The zero-order chi connectivity index (χ0) is 32.8. The Morgan fingerprint density at radius 3 is 1.93 bits per heavy atom. The predicted molar refractivity (Wildman–Crippen MR) is 166 cm³/mol. The van der Waals surface area contributed by atoms with Gasteiger partial charge in [0.1, 0.15) is 5.82 Å². The molecule has 1 unspecified atom stereocenters. The van der Waals surface area contributed by atoms with Crippen molar-refractivity contribution in [1.29, 1.82) is 0 Å². The molecule has 0 radical (unpaired) electrons. The SMILES string of the molecule is CC(C)OC(=O)c1ccc(C(CC=Cc2ccccc2)(Cc2ccc(C(F)(F)P(=O)(O)O)cc2)C(=O)c2ccc(F)cc2)cc1. The quantitative estimate of drug-likeness (QED) is 0.0927. The van der Waals surface area contributed by atoms with E-state index in [9.17, 15) is 37.1 Å². The van der Waals surface area contributed by atoms with Gasteiger partial charge in [0.2, 0.25) is 0 Å². The van der Waals surface area contributed by atoms with Crippen LogP contribution in [-0.2, 0) is 26.8 Å². The molecule has 0 spiro atoms. The number of halogens is 3. The number of rotatable bonds is 12. The van der Waals surface area contributed by atoms with Gasteiger partial charge in [-0.1, -0.05) is 78.9 Å². The Morgan fingerprint density at radius 2 is 1.38 bits per heavy atom. The molecular weight excluding hydrogens is 604 g/mol. The Bertz CT molecular complexity index is 1700. The van der Waals surface area contributed by atoms with Gasteiger partial charge >= 0.3 is 19.2 Å². The number of allylic oxidation sites excluding steroid dienone is 1. The van der Waals surface area contributed by atoms with Gasteiger partial charge in [0.25, 0.3) is 0 Å². The number of ether oxygens (including phenoxy) is 1. The maximum atomic E-state index is 14.5. The molecule has 4 aromatic rings. The van der Waals surface area contributed by atoms with Gasteiger partial charge in [0.15, 0.2) is 5.78 Å². The van der Waals surface area contributed by atoms with Crippen molar-refractivity contribution >= 4 is 25.4 Å². The normalized spacial score (nSPS) is 13.5. The molecule has 0 amide bonds. The van der Waals surface area contributed by atoms with Crippen molar-refractivity contribution < 1.29 is 41.8 Å². The summed E-state index contributed by atoms with van der Waals surface area (Å²) in [5, 5.41) is 0. The number of benzene rings is 4. The number of alkyl halides is 2. The molecule has 0 bridgehead atoms. The summed E-state index contributed by atoms with van der Waals surface area (Å²) in [5.74, 6) is -1.46. The number of carbonyl (C=O) groups excluding carboxylic acids is 2. The van der Waals surface area contributed by atoms with E-state index in [1.807, 2.05) is 42.5 Å². The lowest BCUT2D eigenvalue weighted by molar-refractivity contribution is 0.0377. The van der Waals surface area contributed by atoms with E-state index in [2.05, 4.69) is 0 Å². The van der Waals surface area contributed by atoms with Crippen molar-refractivity contribution in [2.45, 2.75) is 43.9 Å². The maximum Gasteiger partial charge on any atom is 0.399 e. The number of ketones is 1. The number of esters is 1. The Balaban J connectivity index is 1.85. The van der Waals surface area contributed by atoms with Crippen molar-refractivity contribution in [3.63, 3.8) is 0 Å². The number of hydrogen-bond acceptors (Lipinski definition) is 4. The van der Waals surface area contributed by atoms with Crippen LogP contribution in [0, 0.1) is 5.82 Å². The van der Waals surface area contributed by atoms with Crippen LogP contribution in [0.4, 0.5) is 13.2 Å². The molecule has 0 aliphatic heterocycles. The highest BCUT2D eigenvalue weighted by Gasteiger charge is 2.50. The highest BCUT2D eigenvalue weighted by Crippen LogP contribution is 2.59. The summed E-state index contributed by atoms with van der Waals surface area (Å²) in [5.41, 5.74) is -4.38. The number of Topliss-reactive ketones (excluding diaryl/α,β-unsaturated/α-hetero) is 1. The van der Waals surface area contributed by atoms with E-state index in [1.54, 1.807) is 26.0 Å². The lowest BCUT2D eigenvalue weighted by Crippen LogP contribution is -2.38. The maximum absolute atomic E-state index is 14.5. The molecule has 10 heteroatoms. The Kier molecular flexibility index (Phi) is 10.3. The third kappa shape index (κ3) is 7.87. The van der Waals surface area contributed by atoms with Gasteiger partial charge in [-0.2, -0.15) is 8.78 Å². The lowest BCUT2D eigenvalue weighted by Gasteiger charge is -2.33. The first-order valence-corrected chi connectivity index (χ1v) is 15.7. The van der Waals surface area contributed by atoms with E-state index in [0.29, 0.717) is 11.1 Å². The fourth-order valence-corrected chi connectivity index (χ4v) is 5.47. The topological polar surface area (TPSA) is 101 Å². The second-order valence-electron chi connectivity index (χ2n) is 10.9. The smallest absolute Gasteiger partial charge is 0.399 e. The van der Waals surface area contributed by atoms with E-state index in [-0.39, 0.29) is 35.9 Å². The molecule has 0 fully saturated rings. The summed E-state index contributed by atoms with van der Waals surface area (Å²) in [6, 6.07) is 25.2. The van der Waals surface area contributed by atoms with Gasteiger partial charge < -0.3 is 14.5 Å². The van der Waals surface area contributed by atoms with E-state index in [1.165, 1.54) is 48.5 Å². The van der Waals surface area contributed by atoms with Crippen LogP contribution in [0.2, 0.25) is 0 Å². The Labute approximate surface area is 259 Å². The van der Waals surface area contributed by atoms with Crippen LogP contribution in [0.5, 0.6) is 0 Å². The average molecular weight is 637 g/mol. The van der Waals surface area contributed by atoms with E-state index < -0.39 is 36.0 Å². The van der Waals surface area contributed by atoms with Gasteiger partial charge in [-0.25, -0.2) is 9.18 Å². The fraction of sp³-hybridized carbons (Fsp3) is 0.200. The molecule has 0 saturated heterocycles. The molecule has 0 aliphatic rings. The molecule has 234 valence electrons. The molecular formula is C35H32F3O6P. The third-order valence-corrected chi connectivity index (χ3v) is 8.30. The van der Waals surface area contributed by atoms with Crippen molar-refractivity contribution in [2.24, 2.45) is 0 Å². The van der Waals surface area contributed by atoms with Crippen molar-refractivity contribution in [1.82, 2.24) is 0 Å². The molecule has 0 aromatic heterocycles. The lowest BCUT2D eigenvalue weighted by atomic mass is 9.68. The van der Waals surface area contributed by atoms with Gasteiger partial charge in [-0.3, -0.25) is 9.36 Å². The van der Waals surface area contributed by atoms with Crippen LogP contribution in [0.3, 0.4) is 0 Å². The monoisotopic (exact) mass is 636 g/mol. The largest absolute Gasteiger partial charge is 0.459 e. The third-order valence-electron chi connectivity index (χ3n) is 7.31. The molecule has 0 aliphatic carbocycles. The average Bonchev–Trinajstić information content (AvgIpc) is 3.00. The van der Waals surface area contributed by atoms with Crippen LogP contribution >= 0.6 is 7.60 Å². The standard InChI is InChI=1S/C35H32F3O6P/c1-24(2)44-33(40)28-12-18-29(19-13-28)34(22-6-9-25-7-4-3-5-8-25,32(39)27-14-20-31(36)21-15-27)23-26-10-16-30(17-11-26)35(37,38)45(41,42)43/h3-21,24H,22-23H2,1-2H3,(H2,41,42,43). The van der Waals surface area contributed by atoms with Crippen molar-refractivity contribution in [3.8, 4) is 0 Å². The van der Waals surface area contributed by atoms with Crippen LogP contribution < -0.4 is 0 Å². The molecule has 2 N–H and O–H groups in total. The van der Waals surface area contributed by atoms with Crippen LogP contribution in [0.25, 0.3) is 6.08 Å². The van der Waals surface area contributed by atoms with Crippen LogP contribution in [0.1, 0.15) is 63.2 Å². The highest BCUT2D eigenvalue weighted by molar-refractivity contribution is 7.52.